The monoisotopic (exact) mass is 223 g/mol. The number of carbonyl (C=O) groups excluding carboxylic acids is 3. The van der Waals surface area contributed by atoms with Crippen LogP contribution in [0, 0.1) is 5.92 Å². The molecule has 0 radical (unpaired) electrons. The minimum absolute atomic E-state index is 0.218. The molecule has 0 fully saturated rings. The number of esters is 1. The summed E-state index contributed by atoms with van der Waals surface area (Å²) in [6, 6.07) is 0. The van der Waals surface area contributed by atoms with Gasteiger partial charge in [0.05, 0.1) is 0 Å². The fourth-order valence-electron chi connectivity index (χ4n) is 1.22. The van der Waals surface area contributed by atoms with Gasteiger partial charge in [-0.05, 0) is 13.0 Å². The number of ketones is 2. The zero-order valence-electron chi connectivity index (χ0n) is 9.39. The van der Waals surface area contributed by atoms with Crippen molar-refractivity contribution in [2.24, 2.45) is 5.92 Å². The summed E-state index contributed by atoms with van der Waals surface area (Å²) in [7, 11) is 3.46. The lowest BCUT2D eigenvalue weighted by atomic mass is 9.96. The molecular formula is C11H13NO4. The number of nitrogens with zero attached hydrogens (tertiary/aromatic N) is 1. The van der Waals surface area contributed by atoms with Crippen molar-refractivity contribution in [1.29, 1.82) is 0 Å². The quantitative estimate of drug-likeness (QED) is 0.390. The maximum absolute atomic E-state index is 11.6. The van der Waals surface area contributed by atoms with Gasteiger partial charge in [0.2, 0.25) is 0 Å². The van der Waals surface area contributed by atoms with Crippen LogP contribution in [0.5, 0.6) is 0 Å². The molecule has 1 aliphatic heterocycles. The standard InChI is InChI=1S/C11H13NO4/c1-7-6-9(14)10(11(15)16-7)8(13)4-5-12(2)3/h4-6,10H,1-3H3. The Hall–Kier alpha value is -1.91. The second-order valence-corrected chi connectivity index (χ2v) is 3.69. The highest BCUT2D eigenvalue weighted by Gasteiger charge is 2.36. The largest absolute Gasteiger partial charge is 0.430 e. The second-order valence-electron chi connectivity index (χ2n) is 3.69. The van der Waals surface area contributed by atoms with E-state index in [4.69, 9.17) is 4.74 Å². The predicted molar refractivity (Wildman–Crippen MR) is 56.2 cm³/mol. The van der Waals surface area contributed by atoms with E-state index in [2.05, 4.69) is 0 Å². The Balaban J connectivity index is 2.85. The van der Waals surface area contributed by atoms with E-state index < -0.39 is 23.5 Å². The molecule has 1 aliphatic rings. The van der Waals surface area contributed by atoms with E-state index in [-0.39, 0.29) is 5.76 Å². The summed E-state index contributed by atoms with van der Waals surface area (Å²) >= 11 is 0. The third-order valence-corrected chi connectivity index (χ3v) is 1.95. The smallest absolute Gasteiger partial charge is 0.329 e. The van der Waals surface area contributed by atoms with Gasteiger partial charge in [0.1, 0.15) is 5.76 Å². The van der Waals surface area contributed by atoms with Crippen molar-refractivity contribution in [2.75, 3.05) is 14.1 Å². The van der Waals surface area contributed by atoms with Crippen LogP contribution in [-0.2, 0) is 19.1 Å². The van der Waals surface area contributed by atoms with Gasteiger partial charge in [-0.15, -0.1) is 0 Å². The molecule has 0 saturated heterocycles. The van der Waals surface area contributed by atoms with Crippen LogP contribution in [0.4, 0.5) is 0 Å². The van der Waals surface area contributed by atoms with Gasteiger partial charge in [-0.25, -0.2) is 0 Å². The highest BCUT2D eigenvalue weighted by Crippen LogP contribution is 2.15. The maximum Gasteiger partial charge on any atom is 0.329 e. The van der Waals surface area contributed by atoms with Gasteiger partial charge in [0.25, 0.3) is 0 Å². The maximum atomic E-state index is 11.6. The topological polar surface area (TPSA) is 63.7 Å². The Bertz CT molecular complexity index is 393. The molecular weight excluding hydrogens is 210 g/mol. The molecule has 0 aromatic rings. The molecule has 16 heavy (non-hydrogen) atoms. The first-order valence-corrected chi connectivity index (χ1v) is 4.74. The van der Waals surface area contributed by atoms with Gasteiger partial charge in [0.15, 0.2) is 17.5 Å². The van der Waals surface area contributed by atoms with Crippen molar-refractivity contribution in [3.63, 3.8) is 0 Å². The first kappa shape index (κ1) is 12.2. The van der Waals surface area contributed by atoms with E-state index in [1.165, 1.54) is 19.2 Å². The molecule has 1 atom stereocenters. The van der Waals surface area contributed by atoms with Crippen LogP contribution in [0.1, 0.15) is 6.92 Å². The molecule has 0 N–H and O–H groups in total. The third kappa shape index (κ3) is 2.79. The molecule has 5 nitrogen and oxygen atoms in total. The average molecular weight is 223 g/mol. The minimum Gasteiger partial charge on any atom is -0.430 e. The minimum atomic E-state index is -1.35. The molecule has 0 aromatic carbocycles. The normalized spacial score (nSPS) is 20.7. The van der Waals surface area contributed by atoms with E-state index in [1.54, 1.807) is 19.0 Å². The first-order valence-electron chi connectivity index (χ1n) is 4.74. The zero-order valence-corrected chi connectivity index (χ0v) is 9.39. The summed E-state index contributed by atoms with van der Waals surface area (Å²) in [5.74, 6) is -3.02. The Morgan fingerprint density at radius 2 is 2.06 bits per heavy atom. The molecule has 0 amide bonds. The highest BCUT2D eigenvalue weighted by molar-refractivity contribution is 6.24. The van der Waals surface area contributed by atoms with Crippen molar-refractivity contribution in [3.8, 4) is 0 Å². The van der Waals surface area contributed by atoms with E-state index in [1.807, 2.05) is 0 Å². The molecule has 1 heterocycles. The number of hydrogen-bond donors (Lipinski definition) is 0. The van der Waals surface area contributed by atoms with Crippen LogP contribution < -0.4 is 0 Å². The van der Waals surface area contributed by atoms with Crippen molar-refractivity contribution in [1.82, 2.24) is 4.90 Å². The molecule has 0 aromatic heterocycles. The Morgan fingerprint density at radius 3 is 2.56 bits per heavy atom. The van der Waals surface area contributed by atoms with Gasteiger partial charge in [-0.2, -0.15) is 0 Å². The van der Waals surface area contributed by atoms with Crippen molar-refractivity contribution in [2.45, 2.75) is 6.92 Å². The SMILES string of the molecule is CC1=CC(=O)C(C(=O)C=CN(C)C)C(=O)O1. The summed E-state index contributed by atoms with van der Waals surface area (Å²) in [4.78, 5) is 36.0. The van der Waals surface area contributed by atoms with E-state index in [0.717, 1.165) is 6.08 Å². The lowest BCUT2D eigenvalue weighted by molar-refractivity contribution is -0.151. The molecule has 1 rings (SSSR count). The number of allylic oxidation sites excluding steroid dienone is 3. The Labute approximate surface area is 93.4 Å². The molecule has 5 heteroatoms. The summed E-state index contributed by atoms with van der Waals surface area (Å²) in [5.41, 5.74) is 0. The molecule has 1 unspecified atom stereocenters. The number of rotatable bonds is 3. The van der Waals surface area contributed by atoms with E-state index >= 15 is 0 Å². The Morgan fingerprint density at radius 1 is 1.44 bits per heavy atom. The summed E-state index contributed by atoms with van der Waals surface area (Å²) in [6.07, 6.45) is 3.83. The van der Waals surface area contributed by atoms with E-state index in [9.17, 15) is 14.4 Å². The number of carbonyl (C=O) groups is 3. The average Bonchev–Trinajstić information content (AvgIpc) is 2.12. The number of ether oxygens (including phenoxy) is 1. The van der Waals surface area contributed by atoms with Crippen LogP contribution in [0.2, 0.25) is 0 Å². The summed E-state index contributed by atoms with van der Waals surface area (Å²) < 4.78 is 4.73. The van der Waals surface area contributed by atoms with Gasteiger partial charge < -0.3 is 9.64 Å². The highest BCUT2D eigenvalue weighted by atomic mass is 16.5. The summed E-state index contributed by atoms with van der Waals surface area (Å²) in [6.45, 7) is 1.49. The van der Waals surface area contributed by atoms with Crippen LogP contribution in [0.3, 0.4) is 0 Å². The van der Waals surface area contributed by atoms with E-state index in [0.29, 0.717) is 0 Å². The number of hydrogen-bond acceptors (Lipinski definition) is 5. The molecule has 0 spiro atoms. The second kappa shape index (κ2) is 4.74. The fourth-order valence-corrected chi connectivity index (χ4v) is 1.22. The van der Waals surface area contributed by atoms with Gasteiger partial charge in [-0.3, -0.25) is 14.4 Å². The fraction of sp³-hybridized carbons (Fsp3) is 0.364. The van der Waals surface area contributed by atoms with Crippen LogP contribution in [0.25, 0.3) is 0 Å². The van der Waals surface area contributed by atoms with Crippen LogP contribution in [-0.4, -0.2) is 36.5 Å². The van der Waals surface area contributed by atoms with Crippen molar-refractivity contribution in [3.05, 3.63) is 24.1 Å². The lowest BCUT2D eigenvalue weighted by Gasteiger charge is -2.16. The van der Waals surface area contributed by atoms with Crippen molar-refractivity contribution >= 4 is 17.5 Å². The molecule has 0 aliphatic carbocycles. The Kier molecular flexibility index (Phi) is 3.60. The number of cyclic esters (lactones) is 1. The van der Waals surface area contributed by atoms with Crippen LogP contribution >= 0.6 is 0 Å². The third-order valence-electron chi connectivity index (χ3n) is 1.95. The molecule has 86 valence electrons. The van der Waals surface area contributed by atoms with Gasteiger partial charge in [-0.1, -0.05) is 0 Å². The lowest BCUT2D eigenvalue weighted by Crippen LogP contribution is -2.34. The first-order chi connectivity index (χ1) is 7.41. The van der Waals surface area contributed by atoms with Crippen LogP contribution in [0.15, 0.2) is 24.1 Å². The van der Waals surface area contributed by atoms with Gasteiger partial charge in [0, 0.05) is 26.4 Å². The predicted octanol–water partition coefficient (Wildman–Crippen LogP) is 0.277. The summed E-state index contributed by atoms with van der Waals surface area (Å²) in [5, 5.41) is 0. The molecule has 0 bridgehead atoms. The van der Waals surface area contributed by atoms with Crippen molar-refractivity contribution < 1.29 is 19.1 Å². The molecule has 0 saturated carbocycles. The zero-order chi connectivity index (χ0) is 12.3. The van der Waals surface area contributed by atoms with Gasteiger partial charge >= 0.3 is 5.97 Å².